The summed E-state index contributed by atoms with van der Waals surface area (Å²) >= 11 is 1.88. The van der Waals surface area contributed by atoms with Crippen molar-refractivity contribution in [2.75, 3.05) is 12.0 Å². The molecular formula is C10H19N3S. The summed E-state index contributed by atoms with van der Waals surface area (Å²) in [5, 5.41) is 0. The van der Waals surface area contributed by atoms with Crippen molar-refractivity contribution in [3.05, 3.63) is 18.2 Å². The Bertz CT molecular complexity index is 270. The van der Waals surface area contributed by atoms with Crippen molar-refractivity contribution in [1.82, 2.24) is 9.55 Å². The number of aromatic nitrogens is 2. The lowest BCUT2D eigenvalue weighted by Gasteiger charge is -2.17. The first-order chi connectivity index (χ1) is 6.66. The molecule has 80 valence electrons. The average molecular weight is 213 g/mol. The Morgan fingerprint density at radius 1 is 1.57 bits per heavy atom. The molecule has 2 atom stereocenters. The van der Waals surface area contributed by atoms with E-state index >= 15 is 0 Å². The maximum atomic E-state index is 5.86. The zero-order valence-corrected chi connectivity index (χ0v) is 9.92. The van der Waals surface area contributed by atoms with Crippen molar-refractivity contribution < 1.29 is 0 Å². The molecule has 0 saturated carbocycles. The smallest absolute Gasteiger partial charge is 0.0951 e. The maximum Gasteiger partial charge on any atom is 0.0951 e. The van der Waals surface area contributed by atoms with Crippen LogP contribution >= 0.6 is 11.8 Å². The Hall–Kier alpha value is -0.480. The number of nitrogens with two attached hydrogens (primary N) is 1. The summed E-state index contributed by atoms with van der Waals surface area (Å²) in [6.45, 7) is 4.21. The van der Waals surface area contributed by atoms with Gasteiger partial charge in [0, 0.05) is 18.3 Å². The largest absolute Gasteiger partial charge is 0.330 e. The number of thioether (sulfide) groups is 1. The fourth-order valence-corrected chi connectivity index (χ4v) is 2.04. The second-order valence-electron chi connectivity index (χ2n) is 3.64. The summed E-state index contributed by atoms with van der Waals surface area (Å²) in [6, 6.07) is 0.556. The number of rotatable bonds is 5. The average Bonchev–Trinajstić information content (AvgIpc) is 2.62. The van der Waals surface area contributed by atoms with Crippen LogP contribution in [0.2, 0.25) is 0 Å². The minimum absolute atomic E-state index is 0.0641. The molecule has 1 aromatic heterocycles. The highest BCUT2D eigenvalue weighted by Gasteiger charge is 2.11. The van der Waals surface area contributed by atoms with Crippen LogP contribution in [0, 0.1) is 0 Å². The van der Waals surface area contributed by atoms with Gasteiger partial charge < -0.3 is 10.3 Å². The third-order valence-corrected chi connectivity index (χ3v) is 3.02. The van der Waals surface area contributed by atoms with Crippen LogP contribution in [0.25, 0.3) is 0 Å². The molecular weight excluding hydrogens is 194 g/mol. The zero-order chi connectivity index (χ0) is 10.6. The van der Waals surface area contributed by atoms with Gasteiger partial charge in [0.1, 0.15) is 0 Å². The lowest BCUT2D eigenvalue weighted by Crippen LogP contribution is -2.15. The highest BCUT2D eigenvalue weighted by Crippen LogP contribution is 2.18. The van der Waals surface area contributed by atoms with Crippen molar-refractivity contribution in [2.45, 2.75) is 32.4 Å². The predicted molar refractivity (Wildman–Crippen MR) is 62.5 cm³/mol. The van der Waals surface area contributed by atoms with Crippen LogP contribution in [0.15, 0.2) is 12.5 Å². The van der Waals surface area contributed by atoms with E-state index in [0.29, 0.717) is 6.04 Å². The number of imidazole rings is 1. The van der Waals surface area contributed by atoms with Crippen LogP contribution in [0.5, 0.6) is 0 Å². The van der Waals surface area contributed by atoms with Crippen LogP contribution in [0.4, 0.5) is 0 Å². The topological polar surface area (TPSA) is 43.8 Å². The van der Waals surface area contributed by atoms with E-state index in [9.17, 15) is 0 Å². The molecule has 2 N–H and O–H groups in total. The molecule has 0 fully saturated rings. The first kappa shape index (κ1) is 11.6. The molecule has 1 heterocycles. The zero-order valence-electron chi connectivity index (χ0n) is 9.10. The third-order valence-electron chi connectivity index (χ3n) is 2.38. The Labute approximate surface area is 90.1 Å². The SMILES string of the molecule is CSCCC(C)n1cncc1[C@H](C)N. The highest BCUT2D eigenvalue weighted by molar-refractivity contribution is 7.98. The number of hydrogen-bond donors (Lipinski definition) is 1. The first-order valence-corrected chi connectivity index (χ1v) is 6.32. The van der Waals surface area contributed by atoms with Crippen molar-refractivity contribution in [1.29, 1.82) is 0 Å². The molecule has 0 bridgehead atoms. The molecule has 0 amide bonds. The van der Waals surface area contributed by atoms with Gasteiger partial charge in [-0.05, 0) is 32.3 Å². The first-order valence-electron chi connectivity index (χ1n) is 4.93. The van der Waals surface area contributed by atoms with E-state index in [0.717, 1.165) is 12.1 Å². The molecule has 0 aliphatic carbocycles. The predicted octanol–water partition coefficient (Wildman–Crippen LogP) is 2.22. The summed E-state index contributed by atoms with van der Waals surface area (Å²) in [5.41, 5.74) is 6.98. The molecule has 0 spiro atoms. The molecule has 0 radical (unpaired) electrons. The van der Waals surface area contributed by atoms with Gasteiger partial charge in [-0.15, -0.1) is 0 Å². The van der Waals surface area contributed by atoms with Crippen molar-refractivity contribution >= 4 is 11.8 Å². The molecule has 0 aliphatic rings. The molecule has 14 heavy (non-hydrogen) atoms. The van der Waals surface area contributed by atoms with Gasteiger partial charge in [0.05, 0.1) is 12.0 Å². The van der Waals surface area contributed by atoms with E-state index in [2.05, 4.69) is 22.7 Å². The van der Waals surface area contributed by atoms with Crippen LogP contribution in [0.3, 0.4) is 0 Å². The van der Waals surface area contributed by atoms with Crippen LogP contribution in [0.1, 0.15) is 38.0 Å². The summed E-state index contributed by atoms with van der Waals surface area (Å²) < 4.78 is 2.18. The second kappa shape index (κ2) is 5.41. The van der Waals surface area contributed by atoms with Crippen LogP contribution in [-0.2, 0) is 0 Å². The van der Waals surface area contributed by atoms with Gasteiger partial charge in [0.25, 0.3) is 0 Å². The lowest BCUT2D eigenvalue weighted by atomic mass is 10.2. The van der Waals surface area contributed by atoms with E-state index in [-0.39, 0.29) is 6.04 Å². The van der Waals surface area contributed by atoms with Gasteiger partial charge in [-0.3, -0.25) is 0 Å². The van der Waals surface area contributed by atoms with Gasteiger partial charge in [-0.25, -0.2) is 4.98 Å². The summed E-state index contributed by atoms with van der Waals surface area (Å²) in [7, 11) is 0. The molecule has 1 unspecified atom stereocenters. The van der Waals surface area contributed by atoms with E-state index in [1.807, 2.05) is 31.2 Å². The van der Waals surface area contributed by atoms with Gasteiger partial charge >= 0.3 is 0 Å². The Morgan fingerprint density at radius 3 is 2.86 bits per heavy atom. The van der Waals surface area contributed by atoms with Crippen LogP contribution < -0.4 is 5.73 Å². The minimum Gasteiger partial charge on any atom is -0.330 e. The Morgan fingerprint density at radius 2 is 2.29 bits per heavy atom. The molecule has 1 rings (SSSR count). The van der Waals surface area contributed by atoms with Gasteiger partial charge in [-0.1, -0.05) is 0 Å². The highest BCUT2D eigenvalue weighted by atomic mass is 32.2. The third kappa shape index (κ3) is 2.75. The molecule has 4 heteroatoms. The molecule has 3 nitrogen and oxygen atoms in total. The molecule has 0 aliphatic heterocycles. The number of hydrogen-bond acceptors (Lipinski definition) is 3. The fraction of sp³-hybridized carbons (Fsp3) is 0.700. The maximum absolute atomic E-state index is 5.86. The molecule has 1 aromatic rings. The van der Waals surface area contributed by atoms with E-state index < -0.39 is 0 Å². The van der Waals surface area contributed by atoms with E-state index in [1.54, 1.807) is 0 Å². The second-order valence-corrected chi connectivity index (χ2v) is 4.63. The van der Waals surface area contributed by atoms with Crippen molar-refractivity contribution in [3.63, 3.8) is 0 Å². The molecule has 0 saturated heterocycles. The van der Waals surface area contributed by atoms with Crippen LogP contribution in [-0.4, -0.2) is 21.6 Å². The van der Waals surface area contributed by atoms with Gasteiger partial charge in [-0.2, -0.15) is 11.8 Å². The Kier molecular flexibility index (Phi) is 4.48. The standard InChI is InChI=1S/C10H19N3S/c1-8(4-5-14-3)13-7-12-6-10(13)9(2)11/h6-9H,4-5,11H2,1-3H3/t8?,9-/m0/s1. The lowest BCUT2D eigenvalue weighted by molar-refractivity contribution is 0.502. The molecule has 0 aromatic carbocycles. The normalized spacial score (nSPS) is 15.4. The summed E-state index contributed by atoms with van der Waals surface area (Å²) in [6.07, 6.45) is 7.04. The van der Waals surface area contributed by atoms with Gasteiger partial charge in [0.15, 0.2) is 0 Å². The minimum atomic E-state index is 0.0641. The van der Waals surface area contributed by atoms with Crippen molar-refractivity contribution in [2.24, 2.45) is 5.73 Å². The Balaban J connectivity index is 2.68. The summed E-state index contributed by atoms with van der Waals surface area (Å²) in [4.78, 5) is 4.15. The number of nitrogens with zero attached hydrogens (tertiary/aromatic N) is 2. The fourth-order valence-electron chi connectivity index (χ4n) is 1.46. The van der Waals surface area contributed by atoms with E-state index in [4.69, 9.17) is 5.73 Å². The quantitative estimate of drug-likeness (QED) is 0.815. The summed E-state index contributed by atoms with van der Waals surface area (Å²) in [5.74, 6) is 1.18. The van der Waals surface area contributed by atoms with E-state index in [1.165, 1.54) is 5.75 Å². The van der Waals surface area contributed by atoms with Crippen molar-refractivity contribution in [3.8, 4) is 0 Å². The monoisotopic (exact) mass is 213 g/mol. The van der Waals surface area contributed by atoms with Gasteiger partial charge in [0.2, 0.25) is 0 Å².